The molecule has 0 saturated carbocycles. The van der Waals surface area contributed by atoms with Crippen molar-refractivity contribution in [1.82, 2.24) is 4.90 Å². The van der Waals surface area contributed by atoms with Crippen molar-refractivity contribution in [3.05, 3.63) is 71.3 Å². The van der Waals surface area contributed by atoms with Gasteiger partial charge in [0.05, 0.1) is 12.1 Å². The van der Waals surface area contributed by atoms with Gasteiger partial charge in [-0.15, -0.1) is 0 Å². The van der Waals surface area contributed by atoms with Crippen LogP contribution >= 0.6 is 0 Å². The van der Waals surface area contributed by atoms with E-state index in [1.165, 1.54) is 0 Å². The normalized spacial score (nSPS) is 13.4. The molecule has 2 aromatic carbocycles. The first kappa shape index (κ1) is 16.7. The molecule has 0 atom stereocenters. The SMILES string of the molecule is O=C(OCC(=O)N1CCOC1=O)c1ccccc1Cc1ccccc1. The number of carbonyl (C=O) groups excluding carboxylic acids is 3. The number of hydrogen-bond acceptors (Lipinski definition) is 5. The van der Waals surface area contributed by atoms with Crippen LogP contribution in [0.4, 0.5) is 4.79 Å². The highest BCUT2D eigenvalue weighted by molar-refractivity contribution is 5.96. The van der Waals surface area contributed by atoms with Gasteiger partial charge in [0.25, 0.3) is 5.91 Å². The molecule has 1 aliphatic heterocycles. The molecular weight excluding hydrogens is 322 g/mol. The topological polar surface area (TPSA) is 72.9 Å². The van der Waals surface area contributed by atoms with Crippen molar-refractivity contribution < 1.29 is 23.9 Å². The van der Waals surface area contributed by atoms with Gasteiger partial charge >= 0.3 is 12.1 Å². The maximum atomic E-state index is 12.3. The second-order valence-electron chi connectivity index (χ2n) is 5.56. The predicted molar refractivity (Wildman–Crippen MR) is 89.0 cm³/mol. The number of benzene rings is 2. The highest BCUT2D eigenvalue weighted by Gasteiger charge is 2.29. The fraction of sp³-hybridized carbons (Fsp3) is 0.211. The minimum atomic E-state index is -0.703. The number of imide groups is 1. The molecule has 1 fully saturated rings. The van der Waals surface area contributed by atoms with E-state index in [-0.39, 0.29) is 13.2 Å². The molecule has 0 aliphatic carbocycles. The number of esters is 1. The monoisotopic (exact) mass is 339 g/mol. The fourth-order valence-corrected chi connectivity index (χ4v) is 2.59. The van der Waals surface area contributed by atoms with Gasteiger partial charge in [-0.2, -0.15) is 0 Å². The lowest BCUT2D eigenvalue weighted by molar-refractivity contribution is -0.131. The number of ether oxygens (including phenoxy) is 2. The minimum Gasteiger partial charge on any atom is -0.452 e. The Bertz CT molecular complexity index is 787. The minimum absolute atomic E-state index is 0.165. The Balaban J connectivity index is 1.66. The van der Waals surface area contributed by atoms with E-state index in [9.17, 15) is 14.4 Å². The van der Waals surface area contributed by atoms with Crippen molar-refractivity contribution >= 4 is 18.0 Å². The van der Waals surface area contributed by atoms with E-state index in [0.717, 1.165) is 16.0 Å². The lowest BCUT2D eigenvalue weighted by Crippen LogP contribution is -2.35. The lowest BCUT2D eigenvalue weighted by Gasteiger charge is -2.12. The van der Waals surface area contributed by atoms with Gasteiger partial charge in [0.15, 0.2) is 6.61 Å². The molecule has 1 saturated heterocycles. The summed E-state index contributed by atoms with van der Waals surface area (Å²) in [4.78, 5) is 36.5. The molecule has 3 rings (SSSR count). The number of rotatable bonds is 5. The molecule has 0 unspecified atom stereocenters. The second kappa shape index (κ2) is 7.61. The summed E-state index contributed by atoms with van der Waals surface area (Å²) in [5, 5.41) is 0. The van der Waals surface area contributed by atoms with Gasteiger partial charge in [0, 0.05) is 0 Å². The van der Waals surface area contributed by atoms with Crippen LogP contribution in [0.1, 0.15) is 21.5 Å². The van der Waals surface area contributed by atoms with E-state index < -0.39 is 24.6 Å². The molecular formula is C19H17NO5. The van der Waals surface area contributed by atoms with E-state index >= 15 is 0 Å². The average Bonchev–Trinajstić information content (AvgIpc) is 3.07. The molecule has 0 spiro atoms. The molecule has 128 valence electrons. The largest absolute Gasteiger partial charge is 0.452 e. The Hall–Kier alpha value is -3.15. The van der Waals surface area contributed by atoms with Gasteiger partial charge in [0.1, 0.15) is 6.61 Å². The summed E-state index contributed by atoms with van der Waals surface area (Å²) in [7, 11) is 0. The fourth-order valence-electron chi connectivity index (χ4n) is 2.59. The summed E-state index contributed by atoms with van der Waals surface area (Å²) in [6, 6.07) is 16.9. The summed E-state index contributed by atoms with van der Waals surface area (Å²) >= 11 is 0. The van der Waals surface area contributed by atoms with Gasteiger partial charge in [-0.3, -0.25) is 4.79 Å². The summed E-state index contributed by atoms with van der Waals surface area (Å²) in [6.07, 6.45) is -0.121. The van der Waals surface area contributed by atoms with Crippen molar-refractivity contribution in [1.29, 1.82) is 0 Å². The molecule has 0 N–H and O–H groups in total. The Morgan fingerprint density at radius 2 is 1.76 bits per heavy atom. The van der Waals surface area contributed by atoms with E-state index in [0.29, 0.717) is 12.0 Å². The number of amides is 2. The highest BCUT2D eigenvalue weighted by Crippen LogP contribution is 2.16. The summed E-state index contributed by atoms with van der Waals surface area (Å²) in [5.74, 6) is -1.18. The molecule has 0 aromatic heterocycles. The third-order valence-electron chi connectivity index (χ3n) is 3.86. The molecule has 2 amide bonds. The van der Waals surface area contributed by atoms with Crippen LogP contribution in [0.5, 0.6) is 0 Å². The third kappa shape index (κ3) is 4.03. The van der Waals surface area contributed by atoms with Crippen LogP contribution in [0.2, 0.25) is 0 Å². The van der Waals surface area contributed by atoms with Crippen molar-refractivity contribution in [3.63, 3.8) is 0 Å². The predicted octanol–water partition coefficient (Wildman–Crippen LogP) is 2.41. The van der Waals surface area contributed by atoms with Crippen LogP contribution < -0.4 is 0 Å². The molecule has 1 heterocycles. The Kier molecular flexibility index (Phi) is 5.09. The van der Waals surface area contributed by atoms with E-state index in [4.69, 9.17) is 4.74 Å². The molecule has 1 aliphatic rings. The summed E-state index contributed by atoms with van der Waals surface area (Å²) in [5.41, 5.74) is 2.29. The molecule has 2 aromatic rings. The van der Waals surface area contributed by atoms with Gasteiger partial charge in [-0.1, -0.05) is 48.5 Å². The quantitative estimate of drug-likeness (QED) is 0.782. The first-order chi connectivity index (χ1) is 12.1. The highest BCUT2D eigenvalue weighted by atomic mass is 16.6. The van der Waals surface area contributed by atoms with Crippen molar-refractivity contribution in [2.24, 2.45) is 0 Å². The van der Waals surface area contributed by atoms with Crippen molar-refractivity contribution in [2.45, 2.75) is 6.42 Å². The lowest BCUT2D eigenvalue weighted by atomic mass is 10.00. The zero-order valence-electron chi connectivity index (χ0n) is 13.5. The van der Waals surface area contributed by atoms with E-state index in [1.807, 2.05) is 42.5 Å². The Morgan fingerprint density at radius 1 is 1.04 bits per heavy atom. The van der Waals surface area contributed by atoms with E-state index in [2.05, 4.69) is 4.74 Å². The Morgan fingerprint density at radius 3 is 2.48 bits per heavy atom. The first-order valence-electron chi connectivity index (χ1n) is 7.91. The number of hydrogen-bond donors (Lipinski definition) is 0. The van der Waals surface area contributed by atoms with E-state index in [1.54, 1.807) is 12.1 Å². The number of nitrogens with zero attached hydrogens (tertiary/aromatic N) is 1. The van der Waals surface area contributed by atoms with Crippen molar-refractivity contribution in [3.8, 4) is 0 Å². The zero-order chi connectivity index (χ0) is 17.6. The third-order valence-corrected chi connectivity index (χ3v) is 3.86. The standard InChI is InChI=1S/C19H17NO5/c21-17(20-10-11-24-19(20)23)13-25-18(22)16-9-5-4-8-15(16)12-14-6-2-1-3-7-14/h1-9H,10-13H2. The van der Waals surface area contributed by atoms with Gasteiger partial charge in [-0.05, 0) is 23.6 Å². The number of carbonyl (C=O) groups is 3. The maximum absolute atomic E-state index is 12.3. The maximum Gasteiger partial charge on any atom is 0.416 e. The molecule has 25 heavy (non-hydrogen) atoms. The first-order valence-corrected chi connectivity index (χ1v) is 7.91. The van der Waals surface area contributed by atoms with Crippen LogP contribution in [0.25, 0.3) is 0 Å². The van der Waals surface area contributed by atoms with Crippen LogP contribution in [0, 0.1) is 0 Å². The summed E-state index contributed by atoms with van der Waals surface area (Å²) in [6.45, 7) is -0.147. The molecule has 0 bridgehead atoms. The van der Waals surface area contributed by atoms with Crippen LogP contribution in [0.15, 0.2) is 54.6 Å². The molecule has 6 heteroatoms. The molecule has 6 nitrogen and oxygen atoms in total. The van der Waals surface area contributed by atoms with Gasteiger partial charge in [-0.25, -0.2) is 14.5 Å². The smallest absolute Gasteiger partial charge is 0.416 e. The van der Waals surface area contributed by atoms with Crippen molar-refractivity contribution in [2.75, 3.05) is 19.8 Å². The van der Waals surface area contributed by atoms with Crippen LogP contribution in [-0.4, -0.2) is 42.6 Å². The van der Waals surface area contributed by atoms with Crippen LogP contribution in [0.3, 0.4) is 0 Å². The Labute approximate surface area is 145 Å². The summed E-state index contributed by atoms with van der Waals surface area (Å²) < 4.78 is 9.78. The van der Waals surface area contributed by atoms with Gasteiger partial charge in [0.2, 0.25) is 0 Å². The van der Waals surface area contributed by atoms with Crippen LogP contribution in [-0.2, 0) is 20.7 Å². The van der Waals surface area contributed by atoms with Gasteiger partial charge < -0.3 is 9.47 Å². The number of cyclic esters (lactones) is 1. The average molecular weight is 339 g/mol. The molecule has 0 radical (unpaired) electrons. The second-order valence-corrected chi connectivity index (χ2v) is 5.56. The zero-order valence-corrected chi connectivity index (χ0v) is 13.5.